The van der Waals surface area contributed by atoms with Crippen LogP contribution in [0.5, 0.6) is 0 Å². The second-order valence-electron chi connectivity index (χ2n) is 5.68. The number of benzene rings is 2. The minimum absolute atomic E-state index is 1.34. The summed E-state index contributed by atoms with van der Waals surface area (Å²) in [6, 6.07) is 21.9. The van der Waals surface area contributed by atoms with Crippen LogP contribution < -0.4 is 0 Å². The van der Waals surface area contributed by atoms with Gasteiger partial charge in [-0.15, -0.1) is 0 Å². The molecule has 0 amide bonds. The zero-order valence-corrected chi connectivity index (χ0v) is 16.3. The maximum absolute atomic E-state index is 2.47. The van der Waals surface area contributed by atoms with Crippen molar-refractivity contribution in [1.82, 2.24) is 0 Å². The third-order valence-corrected chi connectivity index (χ3v) is 20.9. The molecule has 2 rings (SSSR count). The summed E-state index contributed by atoms with van der Waals surface area (Å²) in [4.78, 5) is 0. The summed E-state index contributed by atoms with van der Waals surface area (Å²) in [5, 5.41) is 0. The van der Waals surface area contributed by atoms with Gasteiger partial charge in [-0.05, 0) is 0 Å². The summed E-state index contributed by atoms with van der Waals surface area (Å²) < 4.78 is 5.84. The van der Waals surface area contributed by atoms with Crippen molar-refractivity contribution >= 4 is 28.0 Å². The Labute approximate surface area is 133 Å². The van der Waals surface area contributed by atoms with Gasteiger partial charge in [-0.25, -0.2) is 0 Å². The van der Waals surface area contributed by atoms with Crippen molar-refractivity contribution in [2.24, 2.45) is 0 Å². The third kappa shape index (κ3) is 3.79. The van der Waals surface area contributed by atoms with Crippen LogP contribution in [0, 0.1) is 0 Å². The molecule has 0 nitrogen and oxygen atoms in total. The van der Waals surface area contributed by atoms with E-state index in [9.17, 15) is 0 Å². The van der Waals surface area contributed by atoms with Crippen LogP contribution in [0.1, 0.15) is 31.9 Å². The molecule has 21 heavy (non-hydrogen) atoms. The first-order valence-electron chi connectivity index (χ1n) is 8.08. The number of rotatable bonds is 6. The van der Waals surface area contributed by atoms with Gasteiger partial charge in [-0.2, -0.15) is 0 Å². The molecule has 0 aromatic heterocycles. The fourth-order valence-electron chi connectivity index (χ4n) is 3.20. The van der Waals surface area contributed by atoms with E-state index in [2.05, 4.69) is 87.5 Å². The molecule has 0 aliphatic carbocycles. The molecule has 0 saturated heterocycles. The maximum atomic E-state index is 2.47. The first-order valence-corrected chi connectivity index (χ1v) is 15.6. The van der Waals surface area contributed by atoms with E-state index >= 15 is 0 Å². The van der Waals surface area contributed by atoms with Crippen LogP contribution in [0.4, 0.5) is 0 Å². The molecule has 2 aromatic rings. The van der Waals surface area contributed by atoms with Gasteiger partial charge in [0, 0.05) is 0 Å². The van der Waals surface area contributed by atoms with Gasteiger partial charge in [-0.3, -0.25) is 0 Å². The zero-order chi connectivity index (χ0) is 15.1. The van der Waals surface area contributed by atoms with Gasteiger partial charge < -0.3 is 0 Å². The Kier molecular flexibility index (Phi) is 6.10. The molecular weight excluding hydrogens is 359 g/mol. The average Bonchev–Trinajstić information content (AvgIpc) is 2.57. The molecule has 0 atom stereocenters. The van der Waals surface area contributed by atoms with Crippen LogP contribution in [0.15, 0.2) is 60.7 Å². The molecule has 0 bridgehead atoms. The van der Waals surface area contributed by atoms with Gasteiger partial charge in [0.2, 0.25) is 0 Å². The molecule has 0 aliphatic heterocycles. The first kappa shape index (κ1) is 16.4. The van der Waals surface area contributed by atoms with E-state index in [1.807, 2.05) is 0 Å². The molecule has 110 valence electrons. The van der Waals surface area contributed by atoms with Crippen LogP contribution >= 0.6 is 0 Å². The molecule has 0 radical (unpaired) electrons. The SMILES string of the molecule is C[CH2][Sn]([CH2]C)([CH2]C)[C](=Cc1ccccc1)c1ccccc1. The molecule has 2 aromatic carbocycles. The fraction of sp³-hybridized carbons (Fsp3) is 0.300. The summed E-state index contributed by atoms with van der Waals surface area (Å²) in [7, 11) is 0. The minimum atomic E-state index is -2.26. The normalized spacial score (nSPS) is 12.4. The van der Waals surface area contributed by atoms with Gasteiger partial charge >= 0.3 is 134 Å². The van der Waals surface area contributed by atoms with Crippen LogP contribution in [0.2, 0.25) is 13.3 Å². The van der Waals surface area contributed by atoms with Crippen LogP contribution in [-0.2, 0) is 0 Å². The van der Waals surface area contributed by atoms with Crippen molar-refractivity contribution < 1.29 is 0 Å². The molecule has 0 unspecified atom stereocenters. The summed E-state index contributed by atoms with van der Waals surface area (Å²) in [5.74, 6) is 0. The first-order chi connectivity index (χ1) is 10.3. The molecule has 0 fully saturated rings. The standard InChI is InChI=1S/C14H11.3C2H5.Sn/c1-3-7-13(8-4-1)11-12-14-9-5-2-6-10-14;3*1-2;/h1-11H;3*1H2,2H3;. The number of hydrogen-bond acceptors (Lipinski definition) is 0. The van der Waals surface area contributed by atoms with Crippen molar-refractivity contribution in [2.45, 2.75) is 34.1 Å². The molecule has 0 saturated carbocycles. The van der Waals surface area contributed by atoms with Crippen molar-refractivity contribution in [3.05, 3.63) is 71.8 Å². The van der Waals surface area contributed by atoms with Crippen molar-refractivity contribution in [2.75, 3.05) is 0 Å². The van der Waals surface area contributed by atoms with E-state index in [1.54, 1.807) is 3.59 Å². The zero-order valence-electron chi connectivity index (χ0n) is 13.5. The Hall–Kier alpha value is -1.02. The monoisotopic (exact) mass is 386 g/mol. The second kappa shape index (κ2) is 7.84. The molecule has 0 aliphatic rings. The molecule has 1 heteroatoms. The van der Waals surface area contributed by atoms with Gasteiger partial charge in [0.15, 0.2) is 0 Å². The van der Waals surface area contributed by atoms with E-state index in [-0.39, 0.29) is 0 Å². The van der Waals surface area contributed by atoms with E-state index in [0.29, 0.717) is 0 Å². The Morgan fingerprint density at radius 1 is 0.762 bits per heavy atom. The number of hydrogen-bond donors (Lipinski definition) is 0. The predicted molar refractivity (Wildman–Crippen MR) is 98.0 cm³/mol. The fourth-order valence-corrected chi connectivity index (χ4v) is 14.3. The Bertz CT molecular complexity index is 557. The average molecular weight is 385 g/mol. The summed E-state index contributed by atoms with van der Waals surface area (Å²) in [6.07, 6.45) is 2.47. The Morgan fingerprint density at radius 3 is 1.71 bits per heavy atom. The summed E-state index contributed by atoms with van der Waals surface area (Å²) >= 11 is -2.26. The van der Waals surface area contributed by atoms with E-state index in [4.69, 9.17) is 0 Å². The molecule has 0 N–H and O–H groups in total. The van der Waals surface area contributed by atoms with Gasteiger partial charge in [-0.1, -0.05) is 0 Å². The molecular formula is C20H26Sn. The van der Waals surface area contributed by atoms with Gasteiger partial charge in [0.25, 0.3) is 0 Å². The Morgan fingerprint density at radius 2 is 1.24 bits per heavy atom. The van der Waals surface area contributed by atoms with Crippen molar-refractivity contribution in [3.8, 4) is 0 Å². The Balaban J connectivity index is 2.57. The van der Waals surface area contributed by atoms with E-state index in [1.165, 1.54) is 24.4 Å². The van der Waals surface area contributed by atoms with Gasteiger partial charge in [0.1, 0.15) is 0 Å². The van der Waals surface area contributed by atoms with Gasteiger partial charge in [0.05, 0.1) is 0 Å². The summed E-state index contributed by atoms with van der Waals surface area (Å²) in [6.45, 7) is 7.22. The van der Waals surface area contributed by atoms with Crippen LogP contribution in [0.25, 0.3) is 9.67 Å². The van der Waals surface area contributed by atoms with E-state index < -0.39 is 18.4 Å². The third-order valence-electron chi connectivity index (χ3n) is 4.80. The second-order valence-corrected chi connectivity index (χ2v) is 20.6. The van der Waals surface area contributed by atoms with Crippen LogP contribution in [0.3, 0.4) is 0 Å². The molecule has 0 spiro atoms. The molecule has 0 heterocycles. The quantitative estimate of drug-likeness (QED) is 0.406. The topological polar surface area (TPSA) is 0 Å². The van der Waals surface area contributed by atoms with E-state index in [0.717, 1.165) is 0 Å². The van der Waals surface area contributed by atoms with Crippen molar-refractivity contribution in [3.63, 3.8) is 0 Å². The van der Waals surface area contributed by atoms with Crippen LogP contribution in [-0.4, -0.2) is 18.4 Å². The predicted octanol–water partition coefficient (Wildman–Crippen LogP) is 6.27. The summed E-state index contributed by atoms with van der Waals surface area (Å²) in [5.41, 5.74) is 2.79. The van der Waals surface area contributed by atoms with Crippen molar-refractivity contribution in [1.29, 1.82) is 0 Å².